The summed E-state index contributed by atoms with van der Waals surface area (Å²) in [6, 6.07) is 19.8. The summed E-state index contributed by atoms with van der Waals surface area (Å²) in [6.07, 6.45) is 8.87. The molecule has 0 bridgehead atoms. The van der Waals surface area contributed by atoms with E-state index in [1.165, 1.54) is 11.6 Å². The van der Waals surface area contributed by atoms with Gasteiger partial charge in [-0.3, -0.25) is 0 Å². The molecule has 0 atom stereocenters. The Balaban J connectivity index is 1.30. The Kier molecular flexibility index (Phi) is 11.2. The summed E-state index contributed by atoms with van der Waals surface area (Å²) >= 11 is 0. The number of hydrogen-bond acceptors (Lipinski definition) is 7. The van der Waals surface area contributed by atoms with Gasteiger partial charge in [0.15, 0.2) is 0 Å². The first-order valence-electron chi connectivity index (χ1n) is 13.0. The molecule has 0 aliphatic carbocycles. The highest BCUT2D eigenvalue weighted by atomic mass is 16.5. The van der Waals surface area contributed by atoms with Crippen LogP contribution in [0.5, 0.6) is 11.5 Å². The predicted molar refractivity (Wildman–Crippen MR) is 151 cm³/mol. The lowest BCUT2D eigenvalue weighted by atomic mass is 10.1. The van der Waals surface area contributed by atoms with Gasteiger partial charge in [-0.05, 0) is 91.8 Å². The molecule has 0 radical (unpaired) electrons. The molecule has 0 heterocycles. The van der Waals surface area contributed by atoms with Crippen LogP contribution in [-0.2, 0) is 16.0 Å². The number of hydrogen-bond donors (Lipinski definition) is 2. The van der Waals surface area contributed by atoms with E-state index >= 15 is 0 Å². The Labute approximate surface area is 224 Å². The second-order valence-corrected chi connectivity index (χ2v) is 9.00. The Morgan fingerprint density at radius 2 is 1.45 bits per heavy atom. The summed E-state index contributed by atoms with van der Waals surface area (Å²) in [5.74, 6) is 0.431. The van der Waals surface area contributed by atoms with Crippen LogP contribution in [0.15, 0.2) is 72.8 Å². The van der Waals surface area contributed by atoms with Crippen molar-refractivity contribution in [2.45, 2.75) is 45.4 Å². The van der Waals surface area contributed by atoms with E-state index in [1.807, 2.05) is 48.5 Å². The summed E-state index contributed by atoms with van der Waals surface area (Å²) in [5.41, 5.74) is 14.7. The fourth-order valence-corrected chi connectivity index (χ4v) is 3.71. The topological polar surface area (TPSA) is 114 Å². The van der Waals surface area contributed by atoms with Gasteiger partial charge in [0.05, 0.1) is 18.8 Å². The number of nitrogens with two attached hydrogens (primary N) is 2. The number of rotatable bonds is 14. The third-order valence-electron chi connectivity index (χ3n) is 5.76. The lowest BCUT2D eigenvalue weighted by Crippen LogP contribution is -2.08. The third kappa shape index (κ3) is 10.0. The van der Waals surface area contributed by atoms with Gasteiger partial charge in [-0.1, -0.05) is 37.6 Å². The van der Waals surface area contributed by atoms with E-state index in [1.54, 1.807) is 24.3 Å². The van der Waals surface area contributed by atoms with Gasteiger partial charge >= 0.3 is 11.9 Å². The third-order valence-corrected chi connectivity index (χ3v) is 5.76. The number of ether oxygens (including phenoxy) is 3. The molecule has 0 spiro atoms. The number of nitrogen functional groups attached to an aromatic ring is 2. The molecule has 0 aromatic heterocycles. The normalized spacial score (nSPS) is 10.9. The van der Waals surface area contributed by atoms with Crippen molar-refractivity contribution in [1.29, 1.82) is 0 Å². The first-order chi connectivity index (χ1) is 18.4. The van der Waals surface area contributed by atoms with Crippen molar-refractivity contribution in [3.63, 3.8) is 0 Å². The molecule has 4 N–H and O–H groups in total. The molecule has 0 unspecified atom stereocenters. The van der Waals surface area contributed by atoms with Crippen LogP contribution in [0, 0.1) is 0 Å². The molecule has 3 aromatic carbocycles. The highest BCUT2D eigenvalue weighted by Crippen LogP contribution is 2.17. The molecular formula is C31H36N2O5. The molecule has 0 aliphatic heterocycles. The van der Waals surface area contributed by atoms with E-state index in [4.69, 9.17) is 25.7 Å². The lowest BCUT2D eigenvalue weighted by Gasteiger charge is -2.08. The summed E-state index contributed by atoms with van der Waals surface area (Å²) in [6.45, 7) is 3.04. The standard InChI is InChI=1S/C31H36N2O5/c1-2-3-7-23-10-15-29(16-11-23)38-30(34)17-12-24-8-13-28(14-9-24)36-18-5-4-6-19-37-31(35)25-20-26(32)22-27(33)21-25/h8-17,20-22H,2-7,18-19,32-33H2,1H3. The van der Waals surface area contributed by atoms with Crippen LogP contribution in [0.1, 0.15) is 60.5 Å². The van der Waals surface area contributed by atoms with Gasteiger partial charge in [0.2, 0.25) is 0 Å². The molecule has 38 heavy (non-hydrogen) atoms. The quantitative estimate of drug-likeness (QED) is 0.0859. The van der Waals surface area contributed by atoms with Crippen LogP contribution < -0.4 is 20.9 Å². The molecule has 0 fully saturated rings. The maximum atomic E-state index is 12.1. The summed E-state index contributed by atoms with van der Waals surface area (Å²) in [7, 11) is 0. The lowest BCUT2D eigenvalue weighted by molar-refractivity contribution is -0.128. The minimum Gasteiger partial charge on any atom is -0.494 e. The fraction of sp³-hybridized carbons (Fsp3) is 0.290. The highest BCUT2D eigenvalue weighted by Gasteiger charge is 2.08. The molecule has 200 valence electrons. The zero-order valence-corrected chi connectivity index (χ0v) is 21.9. The Hall–Kier alpha value is -4.26. The first-order valence-corrected chi connectivity index (χ1v) is 13.0. The minimum absolute atomic E-state index is 0.321. The van der Waals surface area contributed by atoms with Crippen molar-refractivity contribution in [3.05, 3.63) is 89.5 Å². The van der Waals surface area contributed by atoms with E-state index in [2.05, 4.69) is 6.92 Å². The van der Waals surface area contributed by atoms with Crippen LogP contribution in [-0.4, -0.2) is 25.2 Å². The van der Waals surface area contributed by atoms with Gasteiger partial charge in [-0.15, -0.1) is 0 Å². The first kappa shape index (κ1) is 28.3. The second-order valence-electron chi connectivity index (χ2n) is 9.00. The number of carbonyl (C=O) groups excluding carboxylic acids is 2. The average molecular weight is 517 g/mol. The summed E-state index contributed by atoms with van der Waals surface area (Å²) < 4.78 is 16.4. The number of benzene rings is 3. The Morgan fingerprint density at radius 3 is 2.13 bits per heavy atom. The minimum atomic E-state index is -0.431. The highest BCUT2D eigenvalue weighted by molar-refractivity contribution is 5.91. The van der Waals surface area contributed by atoms with Crippen LogP contribution in [0.25, 0.3) is 6.08 Å². The van der Waals surface area contributed by atoms with E-state index in [9.17, 15) is 9.59 Å². The van der Waals surface area contributed by atoms with Crippen LogP contribution in [0.4, 0.5) is 11.4 Å². The molecule has 0 aliphatic rings. The van der Waals surface area contributed by atoms with Gasteiger partial charge in [-0.25, -0.2) is 9.59 Å². The van der Waals surface area contributed by atoms with E-state index in [0.29, 0.717) is 35.9 Å². The van der Waals surface area contributed by atoms with Crippen molar-refractivity contribution in [2.75, 3.05) is 24.7 Å². The molecule has 0 saturated carbocycles. The molecule has 7 nitrogen and oxygen atoms in total. The van der Waals surface area contributed by atoms with E-state index < -0.39 is 11.9 Å². The molecule has 0 amide bonds. The van der Waals surface area contributed by atoms with Gasteiger partial charge < -0.3 is 25.7 Å². The van der Waals surface area contributed by atoms with Crippen LogP contribution in [0.3, 0.4) is 0 Å². The van der Waals surface area contributed by atoms with Gasteiger partial charge in [0.1, 0.15) is 11.5 Å². The fourth-order valence-electron chi connectivity index (χ4n) is 3.71. The number of unbranched alkanes of at least 4 members (excludes halogenated alkanes) is 3. The Bertz CT molecular complexity index is 1180. The number of aryl methyl sites for hydroxylation is 1. The van der Waals surface area contributed by atoms with Crippen molar-refractivity contribution in [2.24, 2.45) is 0 Å². The zero-order chi connectivity index (χ0) is 27.2. The smallest absolute Gasteiger partial charge is 0.338 e. The SMILES string of the molecule is CCCCc1ccc(OC(=O)C=Cc2ccc(OCCCCCOC(=O)c3cc(N)cc(N)c3)cc2)cc1. The molecule has 3 rings (SSSR count). The van der Waals surface area contributed by atoms with Gasteiger partial charge in [0.25, 0.3) is 0 Å². The summed E-state index contributed by atoms with van der Waals surface area (Å²) in [5, 5.41) is 0. The van der Waals surface area contributed by atoms with Gasteiger partial charge in [-0.2, -0.15) is 0 Å². The number of anilines is 2. The monoisotopic (exact) mass is 516 g/mol. The van der Waals surface area contributed by atoms with Crippen LogP contribution in [0.2, 0.25) is 0 Å². The largest absolute Gasteiger partial charge is 0.494 e. The molecule has 7 heteroatoms. The van der Waals surface area contributed by atoms with Gasteiger partial charge in [0, 0.05) is 17.5 Å². The van der Waals surface area contributed by atoms with Crippen molar-refractivity contribution in [1.82, 2.24) is 0 Å². The van der Waals surface area contributed by atoms with Crippen LogP contribution >= 0.6 is 0 Å². The Morgan fingerprint density at radius 1 is 0.789 bits per heavy atom. The molecular weight excluding hydrogens is 480 g/mol. The zero-order valence-electron chi connectivity index (χ0n) is 21.9. The summed E-state index contributed by atoms with van der Waals surface area (Å²) in [4.78, 5) is 24.2. The maximum absolute atomic E-state index is 12.1. The van der Waals surface area contributed by atoms with E-state index in [0.717, 1.165) is 49.8 Å². The predicted octanol–water partition coefficient (Wildman–Crippen LogP) is 6.22. The van der Waals surface area contributed by atoms with Crippen molar-refractivity contribution >= 4 is 29.4 Å². The average Bonchev–Trinajstić information content (AvgIpc) is 2.91. The maximum Gasteiger partial charge on any atom is 0.338 e. The molecule has 0 saturated heterocycles. The van der Waals surface area contributed by atoms with E-state index in [-0.39, 0.29) is 0 Å². The van der Waals surface area contributed by atoms with Crippen molar-refractivity contribution < 1.29 is 23.8 Å². The number of carbonyl (C=O) groups is 2. The second kappa shape index (κ2) is 15.1. The molecule has 3 aromatic rings. The number of esters is 2. The van der Waals surface area contributed by atoms with Crippen molar-refractivity contribution in [3.8, 4) is 11.5 Å².